The summed E-state index contributed by atoms with van der Waals surface area (Å²) >= 11 is 3.98. The maximum atomic E-state index is 11.9. The maximum Gasteiger partial charge on any atom is 0.325 e. The van der Waals surface area contributed by atoms with Gasteiger partial charge in [-0.1, -0.05) is 13.8 Å². The Labute approximate surface area is 152 Å². The van der Waals surface area contributed by atoms with Crippen LogP contribution in [-0.2, 0) is 23.9 Å². The molecule has 0 aromatic rings. The molecule has 0 aliphatic heterocycles. The van der Waals surface area contributed by atoms with E-state index in [4.69, 9.17) is 15.6 Å². The molecule has 0 bridgehead atoms. The third-order valence-corrected chi connectivity index (χ3v) is 3.56. The van der Waals surface area contributed by atoms with Gasteiger partial charge in [0.25, 0.3) is 0 Å². The molecular formula is C15H27N3O6S. The largest absolute Gasteiger partial charge is 0.480 e. The second-order valence-electron chi connectivity index (χ2n) is 5.91. The summed E-state index contributed by atoms with van der Waals surface area (Å²) in [6, 6.07) is -2.09. The zero-order valence-electron chi connectivity index (χ0n) is 14.5. The molecule has 25 heavy (non-hydrogen) atoms. The normalized spacial score (nSPS) is 13.0. The molecule has 0 aromatic heterocycles. The van der Waals surface area contributed by atoms with E-state index in [0.29, 0.717) is 5.92 Å². The molecule has 5 N–H and O–H groups in total. The smallest absolute Gasteiger partial charge is 0.325 e. The number of carbonyl (C=O) groups is 4. The van der Waals surface area contributed by atoms with Crippen molar-refractivity contribution in [3.8, 4) is 0 Å². The summed E-state index contributed by atoms with van der Waals surface area (Å²) in [7, 11) is 0. The SMILES string of the molecule is CC(C)CCOC(=O)CNC(=O)C(CS)NC(=O)CCC(N)C(=O)O. The Bertz CT molecular complexity index is 472. The van der Waals surface area contributed by atoms with Crippen LogP contribution in [0.2, 0.25) is 0 Å². The number of carboxylic acids is 1. The molecule has 0 aromatic carbocycles. The number of ether oxygens (including phenoxy) is 1. The van der Waals surface area contributed by atoms with Gasteiger partial charge in [0.05, 0.1) is 6.61 Å². The Morgan fingerprint density at radius 1 is 1.20 bits per heavy atom. The molecule has 0 saturated carbocycles. The third-order valence-electron chi connectivity index (χ3n) is 3.20. The first-order chi connectivity index (χ1) is 11.7. The van der Waals surface area contributed by atoms with E-state index in [1.54, 1.807) is 0 Å². The Balaban J connectivity index is 4.18. The number of nitrogens with one attached hydrogen (secondary N) is 2. The van der Waals surface area contributed by atoms with Gasteiger partial charge in [-0.25, -0.2) is 0 Å². The maximum absolute atomic E-state index is 11.9. The van der Waals surface area contributed by atoms with E-state index < -0.39 is 35.8 Å². The molecule has 0 heterocycles. The molecule has 2 amide bonds. The standard InChI is InChI=1S/C15H27N3O6S/c1-9(2)5-6-24-13(20)7-17-14(21)11(8-25)18-12(19)4-3-10(16)15(22)23/h9-11,25H,3-8,16H2,1-2H3,(H,17,21)(H,18,19)(H,22,23). The fraction of sp³-hybridized carbons (Fsp3) is 0.733. The Kier molecular flexibility index (Phi) is 11.6. The first-order valence-electron chi connectivity index (χ1n) is 7.99. The Morgan fingerprint density at radius 3 is 2.36 bits per heavy atom. The number of amides is 2. The number of carboxylic acid groups (broad SMARTS) is 1. The molecule has 9 nitrogen and oxygen atoms in total. The van der Waals surface area contributed by atoms with Gasteiger partial charge < -0.3 is 26.2 Å². The van der Waals surface area contributed by atoms with Crippen molar-refractivity contribution in [1.29, 1.82) is 0 Å². The molecule has 0 fully saturated rings. The molecular weight excluding hydrogens is 350 g/mol. The Hall–Kier alpha value is -1.81. The molecule has 2 unspecified atom stereocenters. The van der Waals surface area contributed by atoms with Gasteiger partial charge >= 0.3 is 11.9 Å². The van der Waals surface area contributed by atoms with E-state index in [9.17, 15) is 19.2 Å². The molecule has 0 aliphatic rings. The van der Waals surface area contributed by atoms with Crippen LogP contribution in [0.5, 0.6) is 0 Å². The second-order valence-corrected chi connectivity index (χ2v) is 6.27. The second kappa shape index (κ2) is 12.5. The summed E-state index contributed by atoms with van der Waals surface area (Å²) in [6.07, 6.45) is 0.542. The molecule has 0 aliphatic carbocycles. The minimum absolute atomic E-state index is 0.0188. The molecule has 2 atom stereocenters. The lowest BCUT2D eigenvalue weighted by Gasteiger charge is -2.16. The zero-order chi connectivity index (χ0) is 19.4. The number of hydrogen-bond acceptors (Lipinski definition) is 7. The molecule has 0 rings (SSSR count). The van der Waals surface area contributed by atoms with Crippen LogP contribution in [-0.4, -0.2) is 59.8 Å². The van der Waals surface area contributed by atoms with E-state index in [1.807, 2.05) is 13.8 Å². The highest BCUT2D eigenvalue weighted by atomic mass is 32.1. The van der Waals surface area contributed by atoms with Crippen molar-refractivity contribution in [2.75, 3.05) is 18.9 Å². The fourth-order valence-electron chi connectivity index (χ4n) is 1.61. The van der Waals surface area contributed by atoms with E-state index >= 15 is 0 Å². The highest BCUT2D eigenvalue weighted by Gasteiger charge is 2.21. The topological polar surface area (TPSA) is 148 Å². The number of esters is 1. The van der Waals surface area contributed by atoms with Crippen molar-refractivity contribution >= 4 is 36.4 Å². The summed E-state index contributed by atoms with van der Waals surface area (Å²) in [5, 5.41) is 13.4. The van der Waals surface area contributed by atoms with Crippen molar-refractivity contribution in [3.05, 3.63) is 0 Å². The van der Waals surface area contributed by atoms with Crippen molar-refractivity contribution in [2.45, 2.75) is 45.2 Å². The summed E-state index contributed by atoms with van der Waals surface area (Å²) in [4.78, 5) is 45.7. The lowest BCUT2D eigenvalue weighted by Crippen LogP contribution is -2.49. The average molecular weight is 377 g/mol. The van der Waals surface area contributed by atoms with Crippen LogP contribution in [0, 0.1) is 5.92 Å². The van der Waals surface area contributed by atoms with Gasteiger partial charge in [0.15, 0.2) is 0 Å². The lowest BCUT2D eigenvalue weighted by atomic mass is 10.1. The van der Waals surface area contributed by atoms with Gasteiger partial charge in [0.2, 0.25) is 11.8 Å². The molecule has 144 valence electrons. The van der Waals surface area contributed by atoms with Gasteiger partial charge in [-0.15, -0.1) is 0 Å². The Morgan fingerprint density at radius 2 is 1.84 bits per heavy atom. The monoisotopic (exact) mass is 377 g/mol. The number of aliphatic carboxylic acids is 1. The first kappa shape index (κ1) is 23.2. The van der Waals surface area contributed by atoms with E-state index in [-0.39, 0.29) is 31.7 Å². The minimum atomic E-state index is -1.20. The predicted octanol–water partition coefficient (Wildman–Crippen LogP) is -0.701. The lowest BCUT2D eigenvalue weighted by molar-refractivity contribution is -0.144. The summed E-state index contributed by atoms with van der Waals surface area (Å²) in [6.45, 7) is 3.97. The number of rotatable bonds is 12. The van der Waals surface area contributed by atoms with Crippen LogP contribution in [0.1, 0.15) is 33.1 Å². The van der Waals surface area contributed by atoms with Crippen molar-refractivity contribution in [3.63, 3.8) is 0 Å². The van der Waals surface area contributed by atoms with Crippen molar-refractivity contribution in [2.24, 2.45) is 11.7 Å². The summed E-state index contributed by atoms with van der Waals surface area (Å²) in [5.41, 5.74) is 5.30. The molecule has 0 spiro atoms. The highest BCUT2D eigenvalue weighted by Crippen LogP contribution is 1.99. The van der Waals surface area contributed by atoms with Crippen LogP contribution < -0.4 is 16.4 Å². The van der Waals surface area contributed by atoms with Gasteiger partial charge in [0, 0.05) is 12.2 Å². The molecule has 0 saturated heterocycles. The summed E-state index contributed by atoms with van der Waals surface area (Å²) < 4.78 is 4.96. The third kappa shape index (κ3) is 11.4. The van der Waals surface area contributed by atoms with Crippen molar-refractivity contribution in [1.82, 2.24) is 10.6 Å². The van der Waals surface area contributed by atoms with Crippen molar-refractivity contribution < 1.29 is 29.0 Å². The van der Waals surface area contributed by atoms with E-state index in [1.165, 1.54) is 0 Å². The van der Waals surface area contributed by atoms with Gasteiger partial charge in [0.1, 0.15) is 18.6 Å². The fourth-order valence-corrected chi connectivity index (χ4v) is 1.87. The molecule has 10 heteroatoms. The van der Waals surface area contributed by atoms with E-state index in [2.05, 4.69) is 23.3 Å². The van der Waals surface area contributed by atoms with E-state index in [0.717, 1.165) is 6.42 Å². The average Bonchev–Trinajstić information content (AvgIpc) is 2.54. The number of nitrogens with two attached hydrogens (primary N) is 1. The first-order valence-corrected chi connectivity index (χ1v) is 8.62. The predicted molar refractivity (Wildman–Crippen MR) is 94.1 cm³/mol. The number of carbonyl (C=O) groups excluding carboxylic acids is 3. The van der Waals surface area contributed by atoms with Crippen LogP contribution >= 0.6 is 12.6 Å². The minimum Gasteiger partial charge on any atom is -0.480 e. The highest BCUT2D eigenvalue weighted by molar-refractivity contribution is 7.80. The quantitative estimate of drug-likeness (QED) is 0.223. The van der Waals surface area contributed by atoms with Gasteiger partial charge in [-0.3, -0.25) is 19.2 Å². The molecule has 0 radical (unpaired) electrons. The van der Waals surface area contributed by atoms with Gasteiger partial charge in [-0.05, 0) is 18.8 Å². The van der Waals surface area contributed by atoms with Crippen LogP contribution in [0.25, 0.3) is 0 Å². The summed E-state index contributed by atoms with van der Waals surface area (Å²) in [5.74, 6) is -2.44. The van der Waals surface area contributed by atoms with Crippen LogP contribution in [0.4, 0.5) is 0 Å². The number of hydrogen-bond donors (Lipinski definition) is 5. The van der Waals surface area contributed by atoms with Crippen LogP contribution in [0.3, 0.4) is 0 Å². The van der Waals surface area contributed by atoms with Gasteiger partial charge in [-0.2, -0.15) is 12.6 Å². The number of thiol groups is 1. The zero-order valence-corrected chi connectivity index (χ0v) is 15.4. The van der Waals surface area contributed by atoms with Crippen LogP contribution in [0.15, 0.2) is 0 Å².